The molecular weight excluding hydrogens is 334 g/mol. The Bertz CT molecular complexity index is 976. The topological polar surface area (TPSA) is 88.6 Å². The summed E-state index contributed by atoms with van der Waals surface area (Å²) in [4.78, 5) is 26.3. The zero-order valence-corrected chi connectivity index (χ0v) is 14.4. The van der Waals surface area contributed by atoms with E-state index < -0.39 is 11.6 Å². The van der Waals surface area contributed by atoms with Gasteiger partial charge < -0.3 is 14.3 Å². The highest BCUT2D eigenvalue weighted by atomic mass is 16.5. The average molecular weight is 351 g/mol. The number of rotatable bonds is 4. The number of nitrogens with zero attached hydrogens (tertiary/aromatic N) is 2. The van der Waals surface area contributed by atoms with Crippen molar-refractivity contribution in [1.29, 1.82) is 0 Å². The van der Waals surface area contributed by atoms with Crippen LogP contribution in [0.3, 0.4) is 0 Å². The van der Waals surface area contributed by atoms with Gasteiger partial charge in [0.1, 0.15) is 17.2 Å². The summed E-state index contributed by atoms with van der Waals surface area (Å²) in [6.45, 7) is 3.44. The van der Waals surface area contributed by atoms with Crippen molar-refractivity contribution >= 4 is 11.9 Å². The summed E-state index contributed by atoms with van der Waals surface area (Å²) in [6.07, 6.45) is 0. The third-order valence-electron chi connectivity index (χ3n) is 4.45. The van der Waals surface area contributed by atoms with E-state index in [4.69, 9.17) is 8.94 Å². The predicted octanol–water partition coefficient (Wildman–Crippen LogP) is 3.21. The normalized spacial score (nSPS) is 19.8. The fourth-order valence-corrected chi connectivity index (χ4v) is 3.00. The number of furan rings is 1. The molecule has 1 saturated heterocycles. The first kappa shape index (κ1) is 16.1. The molecule has 3 aromatic rings. The van der Waals surface area contributed by atoms with Crippen LogP contribution in [0.15, 0.2) is 57.5 Å². The molecule has 1 fully saturated rings. The number of carbonyl (C=O) groups is 2. The molecule has 0 aliphatic carbocycles. The Morgan fingerprint density at radius 2 is 1.92 bits per heavy atom. The fourth-order valence-electron chi connectivity index (χ4n) is 3.00. The standard InChI is InChI=1S/C19H17N3O4/c1-12-8-9-16(25-12)19(2)17(23)22(18(24)20-19)11-14-10-15(26-21-14)13-6-4-3-5-7-13/h3-10H,11H2,1-2H3,(H,20,24). The lowest BCUT2D eigenvalue weighted by Gasteiger charge is -2.18. The third kappa shape index (κ3) is 2.57. The van der Waals surface area contributed by atoms with Crippen LogP contribution in [0.4, 0.5) is 4.79 Å². The van der Waals surface area contributed by atoms with Crippen molar-refractivity contribution < 1.29 is 18.5 Å². The summed E-state index contributed by atoms with van der Waals surface area (Å²) in [6, 6.07) is 14.2. The summed E-state index contributed by atoms with van der Waals surface area (Å²) in [7, 11) is 0. The number of aromatic nitrogens is 1. The highest BCUT2D eigenvalue weighted by molar-refractivity contribution is 6.06. The van der Waals surface area contributed by atoms with Gasteiger partial charge in [-0.2, -0.15) is 0 Å². The molecule has 1 unspecified atom stereocenters. The zero-order valence-electron chi connectivity index (χ0n) is 14.4. The number of hydrogen-bond donors (Lipinski definition) is 1. The van der Waals surface area contributed by atoms with Crippen LogP contribution in [0.5, 0.6) is 0 Å². The monoisotopic (exact) mass is 351 g/mol. The molecule has 132 valence electrons. The van der Waals surface area contributed by atoms with Gasteiger partial charge in [-0.15, -0.1) is 0 Å². The molecule has 7 heteroatoms. The number of carbonyl (C=O) groups excluding carboxylic acids is 2. The second-order valence-corrected chi connectivity index (χ2v) is 6.41. The predicted molar refractivity (Wildman–Crippen MR) is 91.8 cm³/mol. The van der Waals surface area contributed by atoms with Crippen LogP contribution in [0.25, 0.3) is 11.3 Å². The second-order valence-electron chi connectivity index (χ2n) is 6.41. The maximum absolute atomic E-state index is 12.9. The van der Waals surface area contributed by atoms with Crippen LogP contribution in [-0.2, 0) is 16.9 Å². The molecular formula is C19H17N3O4. The molecule has 0 radical (unpaired) electrons. The Morgan fingerprint density at radius 3 is 2.62 bits per heavy atom. The third-order valence-corrected chi connectivity index (χ3v) is 4.45. The minimum absolute atomic E-state index is 0.0241. The van der Waals surface area contributed by atoms with Gasteiger partial charge in [-0.05, 0) is 26.0 Å². The van der Waals surface area contributed by atoms with E-state index in [1.807, 2.05) is 30.3 Å². The Hall–Kier alpha value is -3.35. The van der Waals surface area contributed by atoms with E-state index in [0.717, 1.165) is 10.5 Å². The van der Waals surface area contributed by atoms with E-state index in [2.05, 4.69) is 10.5 Å². The molecule has 0 bridgehead atoms. The van der Waals surface area contributed by atoms with Gasteiger partial charge in [0.05, 0.1) is 6.54 Å². The summed E-state index contributed by atoms with van der Waals surface area (Å²) < 4.78 is 10.9. The molecule has 7 nitrogen and oxygen atoms in total. The van der Waals surface area contributed by atoms with Gasteiger partial charge in [-0.3, -0.25) is 9.69 Å². The molecule has 26 heavy (non-hydrogen) atoms. The van der Waals surface area contributed by atoms with Crippen molar-refractivity contribution in [3.8, 4) is 11.3 Å². The highest BCUT2D eigenvalue weighted by Gasteiger charge is 2.51. The van der Waals surface area contributed by atoms with Crippen molar-refractivity contribution in [3.63, 3.8) is 0 Å². The minimum Gasteiger partial charge on any atom is -0.463 e. The van der Waals surface area contributed by atoms with E-state index in [1.165, 1.54) is 0 Å². The lowest BCUT2D eigenvalue weighted by Crippen LogP contribution is -2.40. The molecule has 4 rings (SSSR count). The average Bonchev–Trinajstić information content (AvgIpc) is 3.33. The minimum atomic E-state index is -1.22. The Balaban J connectivity index is 1.57. The number of benzene rings is 1. The van der Waals surface area contributed by atoms with Crippen LogP contribution >= 0.6 is 0 Å². The summed E-state index contributed by atoms with van der Waals surface area (Å²) in [5, 5.41) is 6.68. The Morgan fingerprint density at radius 1 is 1.15 bits per heavy atom. The van der Waals surface area contributed by atoms with Crippen molar-refractivity contribution in [2.24, 2.45) is 0 Å². The molecule has 0 saturated carbocycles. The molecule has 3 amide bonds. The van der Waals surface area contributed by atoms with Crippen LogP contribution in [0, 0.1) is 6.92 Å². The molecule has 1 aliphatic heterocycles. The molecule has 1 aliphatic rings. The van der Waals surface area contributed by atoms with Crippen molar-refractivity contribution in [3.05, 3.63) is 65.7 Å². The summed E-state index contributed by atoms with van der Waals surface area (Å²) in [5.74, 6) is 1.27. The number of hydrogen-bond acceptors (Lipinski definition) is 5. The number of imide groups is 1. The van der Waals surface area contributed by atoms with E-state index >= 15 is 0 Å². The van der Waals surface area contributed by atoms with Gasteiger partial charge in [0.2, 0.25) is 0 Å². The molecule has 1 aromatic carbocycles. The van der Waals surface area contributed by atoms with Crippen molar-refractivity contribution in [2.75, 3.05) is 0 Å². The van der Waals surface area contributed by atoms with Crippen molar-refractivity contribution in [2.45, 2.75) is 25.9 Å². The van der Waals surface area contributed by atoms with Crippen LogP contribution in [0.1, 0.15) is 24.1 Å². The second kappa shape index (κ2) is 5.87. The SMILES string of the molecule is Cc1ccc(C2(C)NC(=O)N(Cc3cc(-c4ccccc4)on3)C2=O)o1. The quantitative estimate of drug-likeness (QED) is 0.729. The Labute approximate surface area is 149 Å². The first-order chi connectivity index (χ1) is 12.5. The van der Waals surface area contributed by atoms with Gasteiger partial charge in [0, 0.05) is 11.6 Å². The first-order valence-corrected chi connectivity index (χ1v) is 8.19. The molecule has 1 N–H and O–H groups in total. The van der Waals surface area contributed by atoms with Gasteiger partial charge in [0.25, 0.3) is 5.91 Å². The van der Waals surface area contributed by atoms with E-state index in [9.17, 15) is 9.59 Å². The van der Waals surface area contributed by atoms with Crippen LogP contribution in [0.2, 0.25) is 0 Å². The highest BCUT2D eigenvalue weighted by Crippen LogP contribution is 2.31. The summed E-state index contributed by atoms with van der Waals surface area (Å²) >= 11 is 0. The number of urea groups is 1. The zero-order chi connectivity index (χ0) is 18.3. The van der Waals surface area contributed by atoms with Gasteiger partial charge >= 0.3 is 6.03 Å². The van der Waals surface area contributed by atoms with Gasteiger partial charge in [0.15, 0.2) is 11.3 Å². The van der Waals surface area contributed by atoms with Crippen molar-refractivity contribution in [1.82, 2.24) is 15.4 Å². The number of nitrogens with one attached hydrogen (secondary N) is 1. The van der Waals surface area contributed by atoms with Gasteiger partial charge in [-0.25, -0.2) is 4.79 Å². The largest absolute Gasteiger partial charge is 0.463 e. The molecule has 2 aromatic heterocycles. The van der Waals surface area contributed by atoms with Gasteiger partial charge in [-0.1, -0.05) is 35.5 Å². The Kier molecular flexibility index (Phi) is 3.64. The summed E-state index contributed by atoms with van der Waals surface area (Å²) in [5.41, 5.74) is 0.142. The maximum Gasteiger partial charge on any atom is 0.325 e. The number of amides is 3. The van der Waals surface area contributed by atoms with Crippen LogP contribution < -0.4 is 5.32 Å². The first-order valence-electron chi connectivity index (χ1n) is 8.19. The number of aryl methyl sites for hydroxylation is 1. The smallest absolute Gasteiger partial charge is 0.325 e. The molecule has 1 atom stereocenters. The van der Waals surface area contributed by atoms with Crippen LogP contribution in [-0.4, -0.2) is 22.0 Å². The fraction of sp³-hybridized carbons (Fsp3) is 0.211. The molecule has 3 heterocycles. The molecule has 0 spiro atoms. The lowest BCUT2D eigenvalue weighted by molar-refractivity contribution is -0.132. The van der Waals surface area contributed by atoms with E-state index in [0.29, 0.717) is 23.0 Å². The lowest BCUT2D eigenvalue weighted by atomic mass is 9.99. The maximum atomic E-state index is 12.9. The van der Waals surface area contributed by atoms with E-state index in [-0.39, 0.29) is 12.5 Å². The van der Waals surface area contributed by atoms with E-state index in [1.54, 1.807) is 32.0 Å².